The highest BCUT2D eigenvalue weighted by atomic mass is 32.2. The summed E-state index contributed by atoms with van der Waals surface area (Å²) in [5.74, 6) is 1.09. The third-order valence-electron chi connectivity index (χ3n) is 4.54. The van der Waals surface area contributed by atoms with Crippen LogP contribution >= 0.6 is 11.8 Å². The van der Waals surface area contributed by atoms with E-state index in [1.807, 2.05) is 30.2 Å². The highest BCUT2D eigenvalue weighted by molar-refractivity contribution is 8.16. The zero-order chi connectivity index (χ0) is 19.7. The van der Waals surface area contributed by atoms with Gasteiger partial charge in [0, 0.05) is 11.3 Å². The van der Waals surface area contributed by atoms with Crippen LogP contribution in [-0.2, 0) is 9.53 Å². The SMILES string of the molecule is COC(=O)C1=C(C)N=C2SC=C(C)N2C1c1ccc(OC)c(OC)c1OC. The zero-order valence-electron chi connectivity index (χ0n) is 16.2. The van der Waals surface area contributed by atoms with Gasteiger partial charge in [-0.2, -0.15) is 0 Å². The van der Waals surface area contributed by atoms with Crippen molar-refractivity contribution in [2.75, 3.05) is 28.4 Å². The number of hydrogen-bond donors (Lipinski definition) is 0. The van der Waals surface area contributed by atoms with E-state index in [0.29, 0.717) is 28.5 Å². The quantitative estimate of drug-likeness (QED) is 0.713. The lowest BCUT2D eigenvalue weighted by molar-refractivity contribution is -0.136. The van der Waals surface area contributed by atoms with Gasteiger partial charge in [-0.15, -0.1) is 0 Å². The first-order valence-electron chi connectivity index (χ1n) is 8.27. The molecule has 7 nitrogen and oxygen atoms in total. The van der Waals surface area contributed by atoms with Crippen LogP contribution in [0.4, 0.5) is 0 Å². The first-order chi connectivity index (χ1) is 13.0. The van der Waals surface area contributed by atoms with Crippen molar-refractivity contribution in [3.05, 3.63) is 40.1 Å². The van der Waals surface area contributed by atoms with Crippen LogP contribution in [0.25, 0.3) is 0 Å². The van der Waals surface area contributed by atoms with Gasteiger partial charge in [-0.05, 0) is 31.4 Å². The van der Waals surface area contributed by atoms with Gasteiger partial charge in [-0.25, -0.2) is 9.79 Å². The molecule has 0 saturated carbocycles. The Morgan fingerprint density at radius 1 is 1.07 bits per heavy atom. The van der Waals surface area contributed by atoms with Crippen molar-refractivity contribution in [2.24, 2.45) is 4.99 Å². The molecule has 1 aromatic carbocycles. The van der Waals surface area contributed by atoms with Crippen molar-refractivity contribution in [3.8, 4) is 17.2 Å². The number of amidine groups is 1. The summed E-state index contributed by atoms with van der Waals surface area (Å²) >= 11 is 1.52. The van der Waals surface area contributed by atoms with E-state index in [1.165, 1.54) is 18.9 Å². The Bertz CT molecular complexity index is 875. The molecule has 0 aromatic heterocycles. The first-order valence-corrected chi connectivity index (χ1v) is 9.15. The number of allylic oxidation sites excluding steroid dienone is 2. The standard InChI is InChI=1S/C19H22N2O5S/c1-10-9-27-19-20-11(2)14(18(22)26-6)15(21(10)19)12-7-8-13(23-3)17(25-5)16(12)24-4/h7-9,15H,1-6H3. The minimum Gasteiger partial charge on any atom is -0.493 e. The van der Waals surface area contributed by atoms with Gasteiger partial charge in [0.1, 0.15) is 0 Å². The minimum absolute atomic E-state index is 0.429. The summed E-state index contributed by atoms with van der Waals surface area (Å²) in [6, 6.07) is 3.22. The predicted molar refractivity (Wildman–Crippen MR) is 104 cm³/mol. The highest BCUT2D eigenvalue weighted by Crippen LogP contribution is 2.50. The van der Waals surface area contributed by atoms with E-state index in [9.17, 15) is 4.79 Å². The first kappa shape index (κ1) is 19.2. The number of esters is 1. The van der Waals surface area contributed by atoms with E-state index in [-0.39, 0.29) is 0 Å². The number of rotatable bonds is 5. The maximum Gasteiger partial charge on any atom is 0.338 e. The van der Waals surface area contributed by atoms with Crippen molar-refractivity contribution in [3.63, 3.8) is 0 Å². The molecule has 0 N–H and O–H groups in total. The zero-order valence-corrected chi connectivity index (χ0v) is 17.0. The number of carbonyl (C=O) groups is 1. The maximum absolute atomic E-state index is 12.6. The van der Waals surface area contributed by atoms with Crippen molar-refractivity contribution in [2.45, 2.75) is 19.9 Å². The lowest BCUT2D eigenvalue weighted by Crippen LogP contribution is -2.36. The third kappa shape index (κ3) is 3.03. The van der Waals surface area contributed by atoms with E-state index in [0.717, 1.165) is 16.4 Å². The monoisotopic (exact) mass is 390 g/mol. The molecule has 2 aliphatic heterocycles. The molecule has 0 bridgehead atoms. The van der Waals surface area contributed by atoms with Crippen LogP contribution in [0.5, 0.6) is 17.2 Å². The van der Waals surface area contributed by atoms with Crippen LogP contribution in [-0.4, -0.2) is 44.5 Å². The number of methoxy groups -OCH3 is 4. The third-order valence-corrected chi connectivity index (χ3v) is 5.50. The van der Waals surface area contributed by atoms with Gasteiger partial charge >= 0.3 is 5.97 Å². The minimum atomic E-state index is -0.453. The average molecular weight is 390 g/mol. The molecule has 0 radical (unpaired) electrons. The van der Waals surface area contributed by atoms with Gasteiger partial charge in [-0.1, -0.05) is 11.8 Å². The van der Waals surface area contributed by atoms with Crippen LogP contribution in [0.2, 0.25) is 0 Å². The molecule has 144 valence electrons. The Morgan fingerprint density at radius 3 is 2.37 bits per heavy atom. The molecule has 0 aliphatic carbocycles. The summed E-state index contributed by atoms with van der Waals surface area (Å²) in [5.41, 5.74) is 2.82. The summed E-state index contributed by atoms with van der Waals surface area (Å²) in [4.78, 5) is 19.2. The number of carbonyl (C=O) groups excluding carboxylic acids is 1. The van der Waals surface area contributed by atoms with E-state index in [2.05, 4.69) is 4.99 Å². The number of aliphatic imine (C=N–C) groups is 1. The summed E-state index contributed by atoms with van der Waals surface area (Å²) in [7, 11) is 6.05. The van der Waals surface area contributed by atoms with Crippen molar-refractivity contribution in [1.82, 2.24) is 4.90 Å². The normalized spacial score (nSPS) is 18.6. The van der Waals surface area contributed by atoms with Crippen LogP contribution in [0.1, 0.15) is 25.5 Å². The Labute approximate surface area is 162 Å². The molecule has 2 aliphatic rings. The highest BCUT2D eigenvalue weighted by Gasteiger charge is 2.41. The van der Waals surface area contributed by atoms with E-state index in [4.69, 9.17) is 18.9 Å². The second-order valence-electron chi connectivity index (χ2n) is 5.96. The maximum atomic E-state index is 12.6. The van der Waals surface area contributed by atoms with E-state index in [1.54, 1.807) is 27.4 Å². The second-order valence-corrected chi connectivity index (χ2v) is 6.79. The molecule has 27 heavy (non-hydrogen) atoms. The van der Waals surface area contributed by atoms with Crippen LogP contribution in [0.15, 0.2) is 39.5 Å². The molecule has 0 amide bonds. The molecule has 2 heterocycles. The molecule has 8 heteroatoms. The largest absolute Gasteiger partial charge is 0.493 e. The molecule has 1 unspecified atom stereocenters. The van der Waals surface area contributed by atoms with Gasteiger partial charge in [-0.3, -0.25) is 0 Å². The lowest BCUT2D eigenvalue weighted by Gasteiger charge is -2.36. The van der Waals surface area contributed by atoms with Gasteiger partial charge in [0.2, 0.25) is 5.75 Å². The molecule has 0 fully saturated rings. The fraction of sp³-hybridized carbons (Fsp3) is 0.368. The van der Waals surface area contributed by atoms with Gasteiger partial charge < -0.3 is 23.8 Å². The second kappa shape index (κ2) is 7.56. The molecular weight excluding hydrogens is 368 g/mol. The Morgan fingerprint density at radius 2 is 1.78 bits per heavy atom. The summed E-state index contributed by atoms with van der Waals surface area (Å²) in [6.45, 7) is 3.79. The van der Waals surface area contributed by atoms with Gasteiger partial charge in [0.15, 0.2) is 16.7 Å². The number of thioether (sulfide) groups is 1. The lowest BCUT2D eigenvalue weighted by atomic mass is 9.93. The van der Waals surface area contributed by atoms with E-state index < -0.39 is 12.0 Å². The molecular formula is C19H22N2O5S. The fourth-order valence-electron chi connectivity index (χ4n) is 3.33. The average Bonchev–Trinajstić information content (AvgIpc) is 3.05. The number of nitrogens with zero attached hydrogens (tertiary/aromatic N) is 2. The Hall–Kier alpha value is -2.61. The van der Waals surface area contributed by atoms with Crippen LogP contribution in [0.3, 0.4) is 0 Å². The topological polar surface area (TPSA) is 69.6 Å². The van der Waals surface area contributed by atoms with Crippen molar-refractivity contribution < 1.29 is 23.7 Å². The van der Waals surface area contributed by atoms with Crippen LogP contribution < -0.4 is 14.2 Å². The molecule has 1 atom stereocenters. The summed E-state index contributed by atoms with van der Waals surface area (Å²) in [6.07, 6.45) is 0. The van der Waals surface area contributed by atoms with Crippen molar-refractivity contribution in [1.29, 1.82) is 0 Å². The molecule has 1 aromatic rings. The number of fused-ring (bicyclic) bond motifs is 1. The van der Waals surface area contributed by atoms with Gasteiger partial charge in [0.05, 0.1) is 45.8 Å². The summed E-state index contributed by atoms with van der Waals surface area (Å²) < 4.78 is 21.6. The Balaban J connectivity index is 2.27. The summed E-state index contributed by atoms with van der Waals surface area (Å²) in [5, 5.41) is 2.81. The molecule has 3 rings (SSSR count). The van der Waals surface area contributed by atoms with Crippen molar-refractivity contribution >= 4 is 22.9 Å². The predicted octanol–water partition coefficient (Wildman–Crippen LogP) is 3.48. The fourth-order valence-corrected chi connectivity index (χ4v) is 4.27. The van der Waals surface area contributed by atoms with Gasteiger partial charge in [0.25, 0.3) is 0 Å². The smallest absolute Gasteiger partial charge is 0.338 e. The number of hydrogen-bond acceptors (Lipinski definition) is 8. The van der Waals surface area contributed by atoms with E-state index >= 15 is 0 Å². The molecule has 0 spiro atoms. The number of ether oxygens (including phenoxy) is 4. The van der Waals surface area contributed by atoms with Crippen LogP contribution in [0, 0.1) is 0 Å². The number of benzene rings is 1. The Kier molecular flexibility index (Phi) is 5.36. The molecule has 0 saturated heterocycles.